The van der Waals surface area contributed by atoms with Crippen molar-refractivity contribution in [1.82, 2.24) is 19.3 Å². The molecule has 0 bridgehead atoms. The molecule has 1 amide bonds. The van der Waals surface area contributed by atoms with Crippen molar-refractivity contribution >= 4 is 39.8 Å². The van der Waals surface area contributed by atoms with Crippen molar-refractivity contribution < 1.29 is 13.2 Å². The molecule has 3 heterocycles. The zero-order valence-corrected chi connectivity index (χ0v) is 18.1. The molecule has 0 radical (unpaired) electrons. The molecule has 2 aromatic heterocycles. The second-order valence-electron chi connectivity index (χ2n) is 6.82. The summed E-state index contributed by atoms with van der Waals surface area (Å²) in [5.41, 5.74) is 7.35. The van der Waals surface area contributed by atoms with Gasteiger partial charge in [0.1, 0.15) is 0 Å². The lowest BCUT2D eigenvalue weighted by Crippen LogP contribution is -2.27. The van der Waals surface area contributed by atoms with E-state index in [0.717, 1.165) is 12.8 Å². The average molecular weight is 461 g/mol. The number of rotatable bonds is 5. The van der Waals surface area contributed by atoms with Crippen LogP contribution in [0.5, 0.6) is 0 Å². The topological polar surface area (TPSA) is 131 Å². The smallest absolute Gasteiger partial charge is 0.278 e. The fourth-order valence-corrected chi connectivity index (χ4v) is 4.72. The molecule has 0 saturated carbocycles. The number of nitrogens with zero attached hydrogens (tertiary/aromatic N) is 4. The van der Waals surface area contributed by atoms with Gasteiger partial charge < -0.3 is 11.1 Å². The molecular weight excluding hydrogens is 440 g/mol. The van der Waals surface area contributed by atoms with Gasteiger partial charge in [-0.15, -0.1) is 12.4 Å². The number of carbonyl (C=O) groups is 1. The fourth-order valence-electron chi connectivity index (χ4n) is 3.21. The molecule has 31 heavy (non-hydrogen) atoms. The Balaban J connectivity index is 0.00000272. The first-order chi connectivity index (χ1) is 14.4. The van der Waals surface area contributed by atoms with Crippen LogP contribution in [-0.2, 0) is 10.0 Å². The average Bonchev–Trinajstić information content (AvgIpc) is 3.31. The van der Waals surface area contributed by atoms with E-state index in [1.807, 2.05) is 0 Å². The highest BCUT2D eigenvalue weighted by molar-refractivity contribution is 7.89. The summed E-state index contributed by atoms with van der Waals surface area (Å²) in [6.07, 6.45) is 6.30. The van der Waals surface area contributed by atoms with E-state index < -0.39 is 15.9 Å². The molecule has 4 rings (SSSR count). The molecule has 1 fully saturated rings. The number of nitrogens with two attached hydrogens (primary N) is 1. The monoisotopic (exact) mass is 460 g/mol. The number of amides is 1. The van der Waals surface area contributed by atoms with Gasteiger partial charge in [-0.25, -0.2) is 18.4 Å². The molecule has 1 aliphatic rings. The van der Waals surface area contributed by atoms with Crippen LogP contribution in [0.1, 0.15) is 23.3 Å². The van der Waals surface area contributed by atoms with Crippen molar-refractivity contribution in [3.05, 3.63) is 60.7 Å². The van der Waals surface area contributed by atoms with Crippen LogP contribution in [0.15, 0.2) is 59.9 Å². The Bertz CT molecular complexity index is 1170. The van der Waals surface area contributed by atoms with Crippen LogP contribution in [0, 0.1) is 0 Å². The first-order valence-electron chi connectivity index (χ1n) is 9.39. The van der Waals surface area contributed by atoms with Crippen molar-refractivity contribution in [2.24, 2.45) is 0 Å². The Morgan fingerprint density at radius 1 is 1.06 bits per heavy atom. The van der Waals surface area contributed by atoms with Gasteiger partial charge in [-0.1, -0.05) is 12.1 Å². The van der Waals surface area contributed by atoms with E-state index in [2.05, 4.69) is 20.3 Å². The van der Waals surface area contributed by atoms with Gasteiger partial charge in [0.25, 0.3) is 5.91 Å². The molecule has 1 aromatic carbocycles. The quantitative estimate of drug-likeness (QED) is 0.598. The highest BCUT2D eigenvalue weighted by atomic mass is 35.5. The largest absolute Gasteiger partial charge is 0.382 e. The Kier molecular flexibility index (Phi) is 6.84. The number of pyridine rings is 1. The lowest BCUT2D eigenvalue weighted by Gasteiger charge is -2.15. The van der Waals surface area contributed by atoms with Gasteiger partial charge in [0, 0.05) is 24.8 Å². The molecule has 0 aliphatic carbocycles. The number of sulfonamides is 1. The van der Waals surface area contributed by atoms with Gasteiger partial charge in [-0.3, -0.25) is 9.78 Å². The molecule has 9 nitrogen and oxygen atoms in total. The van der Waals surface area contributed by atoms with Crippen LogP contribution in [0.4, 0.5) is 11.5 Å². The van der Waals surface area contributed by atoms with Crippen molar-refractivity contribution in [3.63, 3.8) is 0 Å². The molecule has 1 saturated heterocycles. The number of benzene rings is 1. The van der Waals surface area contributed by atoms with Crippen LogP contribution in [0.3, 0.4) is 0 Å². The maximum Gasteiger partial charge on any atom is 0.278 e. The number of nitrogens with one attached hydrogen (secondary N) is 1. The summed E-state index contributed by atoms with van der Waals surface area (Å²) in [5, 5.41) is 2.67. The lowest BCUT2D eigenvalue weighted by molar-refractivity contribution is 0.102. The van der Waals surface area contributed by atoms with E-state index in [4.69, 9.17) is 5.73 Å². The second kappa shape index (κ2) is 9.38. The Morgan fingerprint density at radius 3 is 2.42 bits per heavy atom. The van der Waals surface area contributed by atoms with E-state index in [9.17, 15) is 13.2 Å². The first-order valence-corrected chi connectivity index (χ1v) is 10.8. The Labute approximate surface area is 186 Å². The maximum atomic E-state index is 12.7. The number of hydrogen-bond acceptors (Lipinski definition) is 7. The minimum Gasteiger partial charge on any atom is -0.382 e. The van der Waals surface area contributed by atoms with E-state index in [0.29, 0.717) is 30.0 Å². The first kappa shape index (κ1) is 22.6. The predicted molar refractivity (Wildman–Crippen MR) is 119 cm³/mol. The molecule has 0 spiro atoms. The molecular formula is C20H21ClN6O3S. The summed E-state index contributed by atoms with van der Waals surface area (Å²) in [4.78, 5) is 25.1. The molecule has 1 aliphatic heterocycles. The second-order valence-corrected chi connectivity index (χ2v) is 8.76. The van der Waals surface area contributed by atoms with Crippen molar-refractivity contribution in [2.75, 3.05) is 24.1 Å². The van der Waals surface area contributed by atoms with E-state index in [1.165, 1.54) is 28.8 Å². The van der Waals surface area contributed by atoms with Crippen LogP contribution < -0.4 is 11.1 Å². The SMILES string of the molecule is Cl.Nc1ncc(-c2ccc(S(=O)(=O)N3CCCC3)cc2)nc1C(=O)Nc1cccnc1. The molecule has 11 heteroatoms. The fraction of sp³-hybridized carbons (Fsp3) is 0.200. The van der Waals surface area contributed by atoms with Crippen LogP contribution in [0.25, 0.3) is 11.3 Å². The number of aromatic nitrogens is 3. The van der Waals surface area contributed by atoms with Crippen LogP contribution in [0.2, 0.25) is 0 Å². The number of anilines is 2. The van der Waals surface area contributed by atoms with Crippen molar-refractivity contribution in [3.8, 4) is 11.3 Å². The molecule has 162 valence electrons. The summed E-state index contributed by atoms with van der Waals surface area (Å²) >= 11 is 0. The predicted octanol–water partition coefficient (Wildman–Crippen LogP) is 2.58. The highest BCUT2D eigenvalue weighted by Gasteiger charge is 2.27. The normalized spacial score (nSPS) is 14.1. The van der Waals surface area contributed by atoms with Gasteiger partial charge in [0.2, 0.25) is 10.0 Å². The standard InChI is InChI=1S/C20H20N6O3S.ClH/c21-19-18(20(27)24-15-4-3-9-22-12-15)25-17(13-23-19)14-5-7-16(8-6-14)30(28,29)26-10-1-2-11-26;/h3-9,12-13H,1-2,10-11H2,(H2,21,23)(H,24,27);1H. The maximum absolute atomic E-state index is 12.7. The zero-order valence-electron chi connectivity index (χ0n) is 16.4. The number of hydrogen-bond donors (Lipinski definition) is 2. The van der Waals surface area contributed by atoms with Gasteiger partial charge >= 0.3 is 0 Å². The molecule has 0 unspecified atom stereocenters. The highest BCUT2D eigenvalue weighted by Crippen LogP contribution is 2.24. The van der Waals surface area contributed by atoms with E-state index >= 15 is 0 Å². The third-order valence-electron chi connectivity index (χ3n) is 4.79. The molecule has 0 atom stereocenters. The molecule has 3 N–H and O–H groups in total. The number of carbonyl (C=O) groups excluding carboxylic acids is 1. The lowest BCUT2D eigenvalue weighted by atomic mass is 10.1. The summed E-state index contributed by atoms with van der Waals surface area (Å²) in [6, 6.07) is 9.75. The summed E-state index contributed by atoms with van der Waals surface area (Å²) < 4.78 is 26.8. The molecule has 3 aromatic rings. The van der Waals surface area contributed by atoms with Crippen LogP contribution >= 0.6 is 12.4 Å². The van der Waals surface area contributed by atoms with Gasteiger partial charge in [0.05, 0.1) is 28.7 Å². The van der Waals surface area contributed by atoms with Crippen molar-refractivity contribution in [1.29, 1.82) is 0 Å². The number of nitrogen functional groups attached to an aromatic ring is 1. The third-order valence-corrected chi connectivity index (χ3v) is 6.70. The summed E-state index contributed by atoms with van der Waals surface area (Å²) in [6.45, 7) is 1.09. The third kappa shape index (κ3) is 4.82. The Morgan fingerprint density at radius 2 is 1.77 bits per heavy atom. The number of halogens is 1. The van der Waals surface area contributed by atoms with E-state index in [1.54, 1.807) is 30.5 Å². The van der Waals surface area contributed by atoms with Gasteiger partial charge in [-0.2, -0.15) is 4.31 Å². The van der Waals surface area contributed by atoms with Crippen LogP contribution in [-0.4, -0.2) is 46.7 Å². The minimum absolute atomic E-state index is 0. The van der Waals surface area contributed by atoms with E-state index in [-0.39, 0.29) is 28.8 Å². The summed E-state index contributed by atoms with van der Waals surface area (Å²) in [5.74, 6) is -0.517. The summed E-state index contributed by atoms with van der Waals surface area (Å²) in [7, 11) is -3.49. The van der Waals surface area contributed by atoms with Gasteiger partial charge in [-0.05, 0) is 37.1 Å². The Hall–Kier alpha value is -3.08. The zero-order chi connectivity index (χ0) is 21.1. The van der Waals surface area contributed by atoms with Crippen molar-refractivity contribution in [2.45, 2.75) is 17.7 Å². The van der Waals surface area contributed by atoms with Gasteiger partial charge in [0.15, 0.2) is 11.5 Å². The minimum atomic E-state index is -3.49.